The maximum atomic E-state index is 14.9. The minimum Gasteiger partial charge on any atom is -0.322 e. The maximum absolute atomic E-state index is 14.9. The summed E-state index contributed by atoms with van der Waals surface area (Å²) in [7, 11) is 3.42. The average Bonchev–Trinajstić information content (AvgIpc) is 3.39. The highest BCUT2D eigenvalue weighted by atomic mass is 19.1. The third-order valence-electron chi connectivity index (χ3n) is 5.47. The Morgan fingerprint density at radius 3 is 2.71 bits per heavy atom. The number of anilines is 1. The van der Waals surface area contributed by atoms with Gasteiger partial charge in [-0.3, -0.25) is 19.2 Å². The minimum absolute atomic E-state index is 0.0875. The molecule has 1 aliphatic rings. The molecule has 0 unspecified atom stereocenters. The van der Waals surface area contributed by atoms with Gasteiger partial charge >= 0.3 is 0 Å². The topological polar surface area (TPSA) is 77.1 Å². The molecule has 0 saturated carbocycles. The van der Waals surface area contributed by atoms with Gasteiger partial charge in [0.1, 0.15) is 17.2 Å². The molecule has 1 amide bonds. The molecule has 3 heterocycles. The zero-order chi connectivity index (χ0) is 21.9. The van der Waals surface area contributed by atoms with Crippen LogP contribution >= 0.6 is 0 Å². The Bertz CT molecular complexity index is 1420. The number of fused-ring (bicyclic) bond motifs is 2. The number of benzene rings is 2. The molecule has 156 valence electrons. The lowest BCUT2D eigenvalue weighted by molar-refractivity contribution is 0.101. The summed E-state index contributed by atoms with van der Waals surface area (Å²) < 4.78 is 32.5. The first kappa shape index (κ1) is 19.1. The van der Waals surface area contributed by atoms with Gasteiger partial charge in [-0.1, -0.05) is 6.07 Å². The number of halogens is 2. The van der Waals surface area contributed by atoms with E-state index in [0.29, 0.717) is 12.2 Å². The molecule has 0 bridgehead atoms. The van der Waals surface area contributed by atoms with Crippen LogP contribution in [-0.4, -0.2) is 31.2 Å². The predicted molar refractivity (Wildman–Crippen MR) is 112 cm³/mol. The molecule has 1 aliphatic heterocycles. The first-order chi connectivity index (χ1) is 14.8. The number of aliphatic imine (C=N–C) groups is 1. The molecule has 0 aliphatic carbocycles. The highest BCUT2D eigenvalue weighted by Crippen LogP contribution is 2.28. The van der Waals surface area contributed by atoms with Crippen molar-refractivity contribution >= 4 is 28.2 Å². The van der Waals surface area contributed by atoms with E-state index in [-0.39, 0.29) is 10.9 Å². The Balaban J connectivity index is 1.49. The third kappa shape index (κ3) is 3.00. The van der Waals surface area contributed by atoms with Gasteiger partial charge in [0, 0.05) is 43.2 Å². The van der Waals surface area contributed by atoms with E-state index in [1.54, 1.807) is 23.9 Å². The normalized spacial score (nSPS) is 12.9. The lowest BCUT2D eigenvalue weighted by Crippen LogP contribution is -2.16. The quantitative estimate of drug-likeness (QED) is 0.551. The maximum Gasteiger partial charge on any atom is 0.261 e. The number of aromatic nitrogens is 4. The number of nitrogens with one attached hydrogen (secondary N) is 1. The number of carbonyl (C=O) groups is 1. The average molecular weight is 420 g/mol. The molecule has 9 heteroatoms. The molecule has 0 spiro atoms. The second-order valence-electron chi connectivity index (χ2n) is 7.54. The third-order valence-corrected chi connectivity index (χ3v) is 5.47. The van der Waals surface area contributed by atoms with Crippen LogP contribution in [0, 0.1) is 18.6 Å². The van der Waals surface area contributed by atoms with Crippen molar-refractivity contribution in [1.82, 2.24) is 19.6 Å². The van der Waals surface area contributed by atoms with Crippen molar-refractivity contribution in [1.29, 1.82) is 0 Å². The summed E-state index contributed by atoms with van der Waals surface area (Å²) in [6, 6.07) is 6.43. The lowest BCUT2D eigenvalue weighted by Gasteiger charge is -2.10. The number of rotatable bonds is 3. The zero-order valence-corrected chi connectivity index (χ0v) is 17.1. The van der Waals surface area contributed by atoms with E-state index in [1.165, 1.54) is 10.9 Å². The molecule has 1 N–H and O–H groups in total. The Labute approximate surface area is 176 Å². The number of amides is 1. The number of hydrogen-bond donors (Lipinski definition) is 1. The molecule has 0 radical (unpaired) electrons. The van der Waals surface area contributed by atoms with Gasteiger partial charge in [-0.25, -0.2) is 8.78 Å². The second kappa shape index (κ2) is 6.83. The van der Waals surface area contributed by atoms with E-state index in [0.717, 1.165) is 34.2 Å². The van der Waals surface area contributed by atoms with Crippen LogP contribution in [0.15, 0.2) is 41.7 Å². The van der Waals surface area contributed by atoms with E-state index in [9.17, 15) is 13.6 Å². The molecule has 2 aromatic carbocycles. The molecule has 5 rings (SSSR count). The summed E-state index contributed by atoms with van der Waals surface area (Å²) in [5.74, 6) is -2.75. The number of carbonyl (C=O) groups excluding carboxylic acids is 1. The highest BCUT2D eigenvalue weighted by molar-refractivity contribution is 6.16. The molecule has 2 aromatic heterocycles. The summed E-state index contributed by atoms with van der Waals surface area (Å²) in [5.41, 5.74) is 4.45. The van der Waals surface area contributed by atoms with Gasteiger partial charge in [-0.05, 0) is 24.6 Å². The molecule has 4 aromatic rings. The standard InChI is InChI=1S/C22H18F2N6O/c1-11-16(10-29(2)28-11)21-14-6-13(5-4-12(14)8-25-21)27-22(31)19-17(23)7-18-15(20(19)24)9-26-30(18)3/h4-7,9-10H,8H2,1-3H3,(H,27,31). The van der Waals surface area contributed by atoms with Crippen LogP contribution < -0.4 is 5.32 Å². The Morgan fingerprint density at radius 2 is 1.97 bits per heavy atom. The largest absolute Gasteiger partial charge is 0.322 e. The SMILES string of the molecule is Cc1nn(C)cc1C1=NCc2ccc(NC(=O)c3c(F)cc4c(cnn4C)c3F)cc21. The van der Waals surface area contributed by atoms with Crippen LogP contribution in [0.4, 0.5) is 14.5 Å². The van der Waals surface area contributed by atoms with Crippen molar-refractivity contribution in [2.75, 3.05) is 5.32 Å². The second-order valence-corrected chi connectivity index (χ2v) is 7.54. The molecule has 7 nitrogen and oxygen atoms in total. The van der Waals surface area contributed by atoms with Gasteiger partial charge in [-0.15, -0.1) is 0 Å². The van der Waals surface area contributed by atoms with Crippen molar-refractivity contribution in [3.63, 3.8) is 0 Å². The van der Waals surface area contributed by atoms with E-state index >= 15 is 0 Å². The van der Waals surface area contributed by atoms with Gasteiger partial charge in [-0.2, -0.15) is 10.2 Å². The van der Waals surface area contributed by atoms with E-state index < -0.39 is 23.1 Å². The summed E-state index contributed by atoms with van der Waals surface area (Å²) >= 11 is 0. The monoisotopic (exact) mass is 420 g/mol. The van der Waals surface area contributed by atoms with Crippen molar-refractivity contribution in [3.05, 3.63) is 76.2 Å². The zero-order valence-electron chi connectivity index (χ0n) is 17.1. The highest BCUT2D eigenvalue weighted by Gasteiger charge is 2.24. The first-order valence-electron chi connectivity index (χ1n) is 9.63. The Kier molecular flexibility index (Phi) is 4.21. The van der Waals surface area contributed by atoms with Gasteiger partial charge in [0.25, 0.3) is 5.91 Å². The van der Waals surface area contributed by atoms with Crippen molar-refractivity contribution in [2.45, 2.75) is 13.5 Å². The summed E-state index contributed by atoms with van der Waals surface area (Å²) in [6.07, 6.45) is 3.16. The smallest absolute Gasteiger partial charge is 0.261 e. The van der Waals surface area contributed by atoms with Crippen LogP contribution in [0.25, 0.3) is 10.9 Å². The molecular formula is C22H18F2N6O. The van der Waals surface area contributed by atoms with Gasteiger partial charge < -0.3 is 5.32 Å². The van der Waals surface area contributed by atoms with Gasteiger partial charge in [0.05, 0.1) is 35.1 Å². The summed E-state index contributed by atoms with van der Waals surface area (Å²) in [6.45, 7) is 2.43. The molecular weight excluding hydrogens is 402 g/mol. The number of aryl methyl sites for hydroxylation is 3. The van der Waals surface area contributed by atoms with Gasteiger partial charge in [0.2, 0.25) is 0 Å². The van der Waals surface area contributed by atoms with Crippen LogP contribution in [-0.2, 0) is 20.6 Å². The van der Waals surface area contributed by atoms with Crippen molar-refractivity contribution < 1.29 is 13.6 Å². The van der Waals surface area contributed by atoms with E-state index in [2.05, 4.69) is 20.5 Å². The van der Waals surface area contributed by atoms with E-state index in [4.69, 9.17) is 0 Å². The minimum atomic E-state index is -0.944. The summed E-state index contributed by atoms with van der Waals surface area (Å²) in [5, 5.41) is 11.0. The van der Waals surface area contributed by atoms with Crippen LogP contribution in [0.1, 0.15) is 32.7 Å². The Morgan fingerprint density at radius 1 is 1.16 bits per heavy atom. The van der Waals surface area contributed by atoms with Gasteiger partial charge in [0.15, 0.2) is 0 Å². The van der Waals surface area contributed by atoms with Crippen molar-refractivity contribution in [2.24, 2.45) is 19.1 Å². The molecule has 0 fully saturated rings. The van der Waals surface area contributed by atoms with E-state index in [1.807, 2.05) is 26.2 Å². The fourth-order valence-electron chi connectivity index (χ4n) is 3.94. The number of hydrogen-bond acceptors (Lipinski definition) is 4. The number of nitrogens with zero attached hydrogens (tertiary/aromatic N) is 5. The fraction of sp³-hybridized carbons (Fsp3) is 0.182. The molecule has 0 saturated heterocycles. The first-order valence-corrected chi connectivity index (χ1v) is 9.63. The van der Waals surface area contributed by atoms with Crippen LogP contribution in [0.2, 0.25) is 0 Å². The summed E-state index contributed by atoms with van der Waals surface area (Å²) in [4.78, 5) is 17.4. The predicted octanol–water partition coefficient (Wildman–Crippen LogP) is 3.50. The Hall–Kier alpha value is -3.88. The van der Waals surface area contributed by atoms with Crippen LogP contribution in [0.5, 0.6) is 0 Å². The lowest BCUT2D eigenvalue weighted by atomic mass is 10.00. The molecule has 0 atom stereocenters. The molecule has 31 heavy (non-hydrogen) atoms. The van der Waals surface area contributed by atoms with Crippen LogP contribution in [0.3, 0.4) is 0 Å². The fourth-order valence-corrected chi connectivity index (χ4v) is 3.94. The van der Waals surface area contributed by atoms with Crippen molar-refractivity contribution in [3.8, 4) is 0 Å².